The largest absolute Gasteiger partial charge is 0.314 e. The van der Waals surface area contributed by atoms with Crippen molar-refractivity contribution in [3.63, 3.8) is 0 Å². The van der Waals surface area contributed by atoms with Crippen molar-refractivity contribution < 1.29 is 0 Å². The summed E-state index contributed by atoms with van der Waals surface area (Å²) in [5.41, 5.74) is 2.62. The summed E-state index contributed by atoms with van der Waals surface area (Å²) in [6.07, 6.45) is 9.22. The molecule has 2 aliphatic rings. The van der Waals surface area contributed by atoms with Crippen molar-refractivity contribution in [1.29, 1.82) is 0 Å². The molecule has 0 aromatic carbocycles. The van der Waals surface area contributed by atoms with Gasteiger partial charge in [0.2, 0.25) is 0 Å². The zero-order valence-electron chi connectivity index (χ0n) is 9.84. The SMILES string of the molecule is c1c(C2CCC2)n[nH]c1CC1CCCCN1. The maximum atomic E-state index is 4.45. The summed E-state index contributed by atoms with van der Waals surface area (Å²) < 4.78 is 0. The summed E-state index contributed by atoms with van der Waals surface area (Å²) >= 11 is 0. The first-order valence-electron chi connectivity index (χ1n) is 6.69. The van der Waals surface area contributed by atoms with Crippen LogP contribution in [0, 0.1) is 0 Å². The van der Waals surface area contributed by atoms with Gasteiger partial charge in [0.25, 0.3) is 0 Å². The van der Waals surface area contributed by atoms with Gasteiger partial charge in [-0.2, -0.15) is 5.10 Å². The van der Waals surface area contributed by atoms with E-state index >= 15 is 0 Å². The van der Waals surface area contributed by atoms with E-state index in [1.54, 1.807) is 0 Å². The summed E-state index contributed by atoms with van der Waals surface area (Å²) in [5.74, 6) is 0.754. The van der Waals surface area contributed by atoms with Gasteiger partial charge in [0.15, 0.2) is 0 Å². The monoisotopic (exact) mass is 219 g/mol. The first kappa shape index (κ1) is 10.3. The summed E-state index contributed by atoms with van der Waals surface area (Å²) in [6, 6.07) is 2.96. The number of nitrogens with one attached hydrogen (secondary N) is 2. The van der Waals surface area contributed by atoms with Gasteiger partial charge in [-0.05, 0) is 38.3 Å². The van der Waals surface area contributed by atoms with Crippen LogP contribution in [0.4, 0.5) is 0 Å². The Morgan fingerprint density at radius 3 is 2.81 bits per heavy atom. The fraction of sp³-hybridized carbons (Fsp3) is 0.769. The minimum atomic E-state index is 0.670. The van der Waals surface area contributed by atoms with E-state index in [1.807, 2.05) is 0 Å². The number of hydrogen-bond donors (Lipinski definition) is 2. The van der Waals surface area contributed by atoms with Crippen molar-refractivity contribution in [2.45, 2.75) is 56.9 Å². The van der Waals surface area contributed by atoms with E-state index in [1.165, 1.54) is 56.5 Å². The van der Waals surface area contributed by atoms with E-state index in [9.17, 15) is 0 Å². The Labute approximate surface area is 97.0 Å². The van der Waals surface area contributed by atoms with E-state index in [2.05, 4.69) is 21.6 Å². The van der Waals surface area contributed by atoms with Gasteiger partial charge in [-0.15, -0.1) is 0 Å². The van der Waals surface area contributed by atoms with Crippen LogP contribution in [0.2, 0.25) is 0 Å². The van der Waals surface area contributed by atoms with Crippen LogP contribution in [-0.2, 0) is 6.42 Å². The molecular formula is C13H21N3. The van der Waals surface area contributed by atoms with Gasteiger partial charge in [-0.1, -0.05) is 12.8 Å². The molecule has 1 aliphatic heterocycles. The maximum Gasteiger partial charge on any atom is 0.0655 e. The highest BCUT2D eigenvalue weighted by Gasteiger charge is 2.22. The topological polar surface area (TPSA) is 40.7 Å². The fourth-order valence-electron chi connectivity index (χ4n) is 2.76. The summed E-state index contributed by atoms with van der Waals surface area (Å²) in [5, 5.41) is 11.2. The lowest BCUT2D eigenvalue weighted by molar-refractivity contribution is 0.397. The molecule has 3 rings (SSSR count). The number of rotatable bonds is 3. The average Bonchev–Trinajstić information content (AvgIpc) is 2.65. The molecule has 1 saturated carbocycles. The van der Waals surface area contributed by atoms with Gasteiger partial charge >= 0.3 is 0 Å². The molecule has 1 unspecified atom stereocenters. The van der Waals surface area contributed by atoms with Crippen LogP contribution < -0.4 is 5.32 Å². The third kappa shape index (κ3) is 2.14. The fourth-order valence-corrected chi connectivity index (χ4v) is 2.76. The Kier molecular flexibility index (Phi) is 2.96. The molecule has 1 aromatic rings. The standard InChI is InChI=1S/C13H21N3/c1-2-7-14-11(6-1)8-12-9-13(16-15-12)10-4-3-5-10/h9-11,14H,1-8H2,(H,15,16). The van der Waals surface area contributed by atoms with Crippen LogP contribution in [0.5, 0.6) is 0 Å². The molecule has 0 spiro atoms. The molecular weight excluding hydrogens is 198 g/mol. The van der Waals surface area contributed by atoms with E-state index in [-0.39, 0.29) is 0 Å². The summed E-state index contributed by atoms with van der Waals surface area (Å²) in [4.78, 5) is 0. The van der Waals surface area contributed by atoms with E-state index in [4.69, 9.17) is 0 Å². The number of nitrogens with zero attached hydrogens (tertiary/aromatic N) is 1. The zero-order chi connectivity index (χ0) is 10.8. The number of aromatic nitrogens is 2. The lowest BCUT2D eigenvalue weighted by atomic mass is 9.83. The summed E-state index contributed by atoms with van der Waals surface area (Å²) in [6.45, 7) is 1.19. The van der Waals surface area contributed by atoms with Crippen molar-refractivity contribution in [3.05, 3.63) is 17.5 Å². The third-order valence-electron chi connectivity index (χ3n) is 4.05. The van der Waals surface area contributed by atoms with Crippen molar-refractivity contribution in [3.8, 4) is 0 Å². The van der Waals surface area contributed by atoms with Crippen molar-refractivity contribution in [2.24, 2.45) is 0 Å². The lowest BCUT2D eigenvalue weighted by Gasteiger charge is -2.23. The van der Waals surface area contributed by atoms with Crippen LogP contribution in [0.15, 0.2) is 6.07 Å². The first-order valence-corrected chi connectivity index (χ1v) is 6.69. The minimum absolute atomic E-state index is 0.670. The van der Waals surface area contributed by atoms with Gasteiger partial charge in [0.1, 0.15) is 0 Å². The lowest BCUT2D eigenvalue weighted by Crippen LogP contribution is -2.35. The Bertz CT molecular complexity index is 335. The second kappa shape index (κ2) is 4.58. The molecule has 2 heterocycles. The number of H-pyrrole nitrogens is 1. The molecule has 3 nitrogen and oxygen atoms in total. The molecule has 2 fully saturated rings. The van der Waals surface area contributed by atoms with E-state index in [0.29, 0.717) is 6.04 Å². The molecule has 0 radical (unpaired) electrons. The quantitative estimate of drug-likeness (QED) is 0.819. The third-order valence-corrected chi connectivity index (χ3v) is 4.05. The maximum absolute atomic E-state index is 4.45. The molecule has 1 saturated heterocycles. The smallest absolute Gasteiger partial charge is 0.0655 e. The molecule has 2 N–H and O–H groups in total. The molecule has 0 amide bonds. The van der Waals surface area contributed by atoms with E-state index in [0.717, 1.165) is 12.3 Å². The average molecular weight is 219 g/mol. The molecule has 88 valence electrons. The van der Waals surface area contributed by atoms with Crippen molar-refractivity contribution in [1.82, 2.24) is 15.5 Å². The van der Waals surface area contributed by atoms with Crippen LogP contribution in [0.1, 0.15) is 55.8 Å². The second-order valence-corrected chi connectivity index (χ2v) is 5.30. The predicted octanol–water partition coefficient (Wildman–Crippen LogP) is 2.36. The van der Waals surface area contributed by atoms with Gasteiger partial charge < -0.3 is 5.32 Å². The Morgan fingerprint density at radius 2 is 2.12 bits per heavy atom. The normalized spacial score (nSPS) is 26.6. The van der Waals surface area contributed by atoms with Crippen LogP contribution in [-0.4, -0.2) is 22.8 Å². The highest BCUT2D eigenvalue weighted by atomic mass is 15.1. The number of hydrogen-bond acceptors (Lipinski definition) is 2. The Balaban J connectivity index is 1.58. The van der Waals surface area contributed by atoms with Gasteiger partial charge in [0, 0.05) is 24.1 Å². The molecule has 1 aliphatic carbocycles. The summed E-state index contributed by atoms with van der Waals surface area (Å²) in [7, 11) is 0. The van der Waals surface area contributed by atoms with Gasteiger partial charge in [-0.25, -0.2) is 0 Å². The van der Waals surface area contributed by atoms with E-state index < -0.39 is 0 Å². The van der Waals surface area contributed by atoms with Crippen LogP contribution >= 0.6 is 0 Å². The van der Waals surface area contributed by atoms with Gasteiger partial charge in [-0.3, -0.25) is 5.10 Å². The molecule has 16 heavy (non-hydrogen) atoms. The Hall–Kier alpha value is -0.830. The predicted molar refractivity (Wildman–Crippen MR) is 64.5 cm³/mol. The van der Waals surface area contributed by atoms with Crippen LogP contribution in [0.25, 0.3) is 0 Å². The molecule has 1 atom stereocenters. The van der Waals surface area contributed by atoms with Gasteiger partial charge in [0.05, 0.1) is 5.69 Å². The number of piperidine rings is 1. The highest BCUT2D eigenvalue weighted by molar-refractivity contribution is 5.16. The van der Waals surface area contributed by atoms with Crippen LogP contribution in [0.3, 0.4) is 0 Å². The highest BCUT2D eigenvalue weighted by Crippen LogP contribution is 2.35. The molecule has 0 bridgehead atoms. The second-order valence-electron chi connectivity index (χ2n) is 5.30. The molecule has 1 aromatic heterocycles. The zero-order valence-corrected chi connectivity index (χ0v) is 9.84. The minimum Gasteiger partial charge on any atom is -0.314 e. The number of aromatic amines is 1. The van der Waals surface area contributed by atoms with Crippen molar-refractivity contribution >= 4 is 0 Å². The Morgan fingerprint density at radius 1 is 1.19 bits per heavy atom. The van der Waals surface area contributed by atoms with Crippen molar-refractivity contribution in [2.75, 3.05) is 6.54 Å². The first-order chi connectivity index (χ1) is 7.92. The molecule has 3 heteroatoms.